The van der Waals surface area contributed by atoms with E-state index < -0.39 is 0 Å². The quantitative estimate of drug-likeness (QED) is 0.775. The lowest BCUT2D eigenvalue weighted by atomic mass is 10.1. The molecule has 126 valence electrons. The van der Waals surface area contributed by atoms with Crippen LogP contribution in [0, 0.1) is 6.92 Å². The van der Waals surface area contributed by atoms with Crippen LogP contribution in [0.25, 0.3) is 0 Å². The van der Waals surface area contributed by atoms with Gasteiger partial charge in [-0.2, -0.15) is 4.98 Å². The first-order valence-electron chi connectivity index (χ1n) is 7.97. The van der Waals surface area contributed by atoms with Gasteiger partial charge in [0, 0.05) is 10.7 Å². The first-order chi connectivity index (χ1) is 12.1. The molecule has 0 spiro atoms. The minimum absolute atomic E-state index is 0.0497. The van der Waals surface area contributed by atoms with E-state index in [1.807, 2.05) is 60.0 Å². The molecule has 25 heavy (non-hydrogen) atoms. The number of halogens is 1. The molecule has 0 fully saturated rings. The molecule has 0 amide bonds. The zero-order chi connectivity index (χ0) is 17.4. The van der Waals surface area contributed by atoms with Crippen LogP contribution in [0.2, 0.25) is 5.02 Å². The average Bonchev–Trinajstić information content (AvgIpc) is 3.03. The number of rotatable bonds is 3. The number of anilines is 2. The number of nitrogens with zero attached hydrogens (tertiary/aromatic N) is 2. The van der Waals surface area contributed by atoms with Gasteiger partial charge in [-0.1, -0.05) is 48.0 Å². The van der Waals surface area contributed by atoms with E-state index in [4.69, 9.17) is 16.3 Å². The molecule has 0 saturated heterocycles. The van der Waals surface area contributed by atoms with E-state index in [0.717, 1.165) is 16.8 Å². The fourth-order valence-corrected chi connectivity index (χ4v) is 3.17. The van der Waals surface area contributed by atoms with Crippen LogP contribution in [-0.2, 0) is 0 Å². The number of nitrogens with one attached hydrogen (secondary N) is 1. The minimum Gasteiger partial charge on any atom is -0.476 e. The molecular weight excluding hydrogens is 338 g/mol. The van der Waals surface area contributed by atoms with Crippen molar-refractivity contribution >= 4 is 23.2 Å². The van der Waals surface area contributed by atoms with E-state index >= 15 is 0 Å². The lowest BCUT2D eigenvalue weighted by Gasteiger charge is -2.18. The van der Waals surface area contributed by atoms with Crippen LogP contribution in [0.1, 0.15) is 17.2 Å². The fourth-order valence-electron chi connectivity index (χ4n) is 2.99. The Bertz CT molecular complexity index is 986. The third-order valence-corrected chi connectivity index (χ3v) is 4.74. The molecule has 1 aliphatic heterocycles. The smallest absolute Gasteiger partial charge is 0.278 e. The molecule has 0 saturated carbocycles. The molecule has 1 atom stereocenters. The highest BCUT2D eigenvalue weighted by Gasteiger charge is 2.28. The largest absolute Gasteiger partial charge is 0.476 e. The third kappa shape index (κ3) is 2.87. The van der Waals surface area contributed by atoms with Crippen LogP contribution in [0.4, 0.5) is 11.6 Å². The SMILES string of the molecule is Cc1c(Cl)cccc1Nc1nc(=O)cc2n1C(c1ccccc1)CO2. The van der Waals surface area contributed by atoms with Crippen molar-refractivity contribution in [2.24, 2.45) is 0 Å². The molecule has 1 unspecified atom stereocenters. The van der Waals surface area contributed by atoms with Gasteiger partial charge in [0.25, 0.3) is 5.56 Å². The Balaban J connectivity index is 1.82. The maximum Gasteiger partial charge on any atom is 0.278 e. The molecule has 4 rings (SSSR count). The molecule has 6 heteroatoms. The van der Waals surface area contributed by atoms with E-state index in [1.165, 1.54) is 6.07 Å². The first-order valence-corrected chi connectivity index (χ1v) is 8.35. The van der Waals surface area contributed by atoms with Gasteiger partial charge >= 0.3 is 0 Å². The van der Waals surface area contributed by atoms with Gasteiger partial charge < -0.3 is 10.1 Å². The van der Waals surface area contributed by atoms with Crippen LogP contribution < -0.4 is 15.6 Å². The molecule has 1 N–H and O–H groups in total. The molecule has 1 aromatic heterocycles. The van der Waals surface area contributed by atoms with Crippen molar-refractivity contribution in [3.05, 3.63) is 81.1 Å². The van der Waals surface area contributed by atoms with Gasteiger partial charge in [0.15, 0.2) is 0 Å². The lowest BCUT2D eigenvalue weighted by Crippen LogP contribution is -2.18. The molecule has 5 nitrogen and oxygen atoms in total. The molecule has 2 aromatic carbocycles. The van der Waals surface area contributed by atoms with E-state index in [2.05, 4.69) is 10.3 Å². The maximum absolute atomic E-state index is 12.0. The van der Waals surface area contributed by atoms with Gasteiger partial charge in [-0.25, -0.2) is 0 Å². The number of aromatic nitrogens is 2. The summed E-state index contributed by atoms with van der Waals surface area (Å²) in [5, 5.41) is 3.89. The monoisotopic (exact) mass is 353 g/mol. The molecule has 2 heterocycles. The first kappa shape index (κ1) is 15.7. The van der Waals surface area contributed by atoms with Crippen molar-refractivity contribution in [2.45, 2.75) is 13.0 Å². The lowest BCUT2D eigenvalue weighted by molar-refractivity contribution is 0.342. The van der Waals surface area contributed by atoms with E-state index in [-0.39, 0.29) is 11.6 Å². The second kappa shape index (κ2) is 6.26. The van der Waals surface area contributed by atoms with Crippen molar-refractivity contribution in [3.63, 3.8) is 0 Å². The Kier molecular flexibility index (Phi) is 3.93. The van der Waals surface area contributed by atoms with Crippen molar-refractivity contribution in [2.75, 3.05) is 11.9 Å². The highest BCUT2D eigenvalue weighted by atomic mass is 35.5. The standard InChI is InChI=1S/C19H16ClN3O2/c1-12-14(20)8-5-9-15(12)21-19-22-17(24)10-18-23(19)16(11-25-18)13-6-3-2-4-7-13/h2-10,16H,11H2,1H3,(H,21,22,24). The van der Waals surface area contributed by atoms with Crippen molar-refractivity contribution in [3.8, 4) is 5.88 Å². The zero-order valence-electron chi connectivity index (χ0n) is 13.6. The topological polar surface area (TPSA) is 56.2 Å². The van der Waals surface area contributed by atoms with E-state index in [0.29, 0.717) is 23.5 Å². The van der Waals surface area contributed by atoms with E-state index in [9.17, 15) is 4.79 Å². The van der Waals surface area contributed by atoms with Gasteiger partial charge in [-0.3, -0.25) is 9.36 Å². The summed E-state index contributed by atoms with van der Waals surface area (Å²) in [5.74, 6) is 0.954. The van der Waals surface area contributed by atoms with Crippen LogP contribution in [0.5, 0.6) is 5.88 Å². The van der Waals surface area contributed by atoms with Crippen LogP contribution in [0.15, 0.2) is 59.4 Å². The van der Waals surface area contributed by atoms with E-state index in [1.54, 1.807) is 0 Å². The summed E-state index contributed by atoms with van der Waals surface area (Å²) in [6.45, 7) is 2.38. The molecule has 1 aliphatic rings. The Morgan fingerprint density at radius 2 is 2.00 bits per heavy atom. The molecule has 0 aliphatic carbocycles. The summed E-state index contributed by atoms with van der Waals surface area (Å²) in [5.41, 5.74) is 2.45. The summed E-state index contributed by atoms with van der Waals surface area (Å²) in [6, 6.07) is 17.0. The van der Waals surface area contributed by atoms with Gasteiger partial charge in [0.2, 0.25) is 11.8 Å². The average molecular weight is 354 g/mol. The minimum atomic E-state index is -0.345. The summed E-state index contributed by atoms with van der Waals surface area (Å²) in [6.07, 6.45) is 0. The van der Waals surface area contributed by atoms with Crippen molar-refractivity contribution in [1.29, 1.82) is 0 Å². The van der Waals surface area contributed by atoms with Crippen LogP contribution in [-0.4, -0.2) is 16.2 Å². The number of hydrogen-bond acceptors (Lipinski definition) is 4. The Morgan fingerprint density at radius 3 is 2.80 bits per heavy atom. The fraction of sp³-hybridized carbons (Fsp3) is 0.158. The van der Waals surface area contributed by atoms with Gasteiger partial charge in [0.1, 0.15) is 6.61 Å². The molecule has 0 radical (unpaired) electrons. The predicted octanol–water partition coefficient (Wildman–Crippen LogP) is 3.93. The van der Waals surface area contributed by atoms with Gasteiger partial charge in [0.05, 0.1) is 12.1 Å². The maximum atomic E-state index is 12.0. The second-order valence-corrected chi connectivity index (χ2v) is 6.31. The van der Waals surface area contributed by atoms with Gasteiger partial charge in [-0.15, -0.1) is 0 Å². The Hall–Kier alpha value is -2.79. The Labute approximate surface area is 149 Å². The van der Waals surface area contributed by atoms with Crippen molar-refractivity contribution < 1.29 is 4.74 Å². The number of hydrogen-bond donors (Lipinski definition) is 1. The molecular formula is C19H16ClN3O2. The van der Waals surface area contributed by atoms with Crippen LogP contribution in [0.3, 0.4) is 0 Å². The molecule has 0 bridgehead atoms. The summed E-state index contributed by atoms with van der Waals surface area (Å²) >= 11 is 6.20. The van der Waals surface area contributed by atoms with Crippen LogP contribution >= 0.6 is 11.6 Å². The summed E-state index contributed by atoms with van der Waals surface area (Å²) < 4.78 is 7.65. The third-order valence-electron chi connectivity index (χ3n) is 4.33. The highest BCUT2D eigenvalue weighted by Crippen LogP contribution is 2.34. The summed E-state index contributed by atoms with van der Waals surface area (Å²) in [4.78, 5) is 16.1. The number of ether oxygens (including phenoxy) is 1. The Morgan fingerprint density at radius 1 is 1.20 bits per heavy atom. The second-order valence-electron chi connectivity index (χ2n) is 5.90. The summed E-state index contributed by atoms with van der Waals surface area (Å²) in [7, 11) is 0. The normalized spacial score (nSPS) is 15.5. The molecule has 3 aromatic rings. The van der Waals surface area contributed by atoms with Gasteiger partial charge in [-0.05, 0) is 30.2 Å². The number of benzene rings is 2. The zero-order valence-corrected chi connectivity index (χ0v) is 14.3. The number of fused-ring (bicyclic) bond motifs is 1. The highest BCUT2D eigenvalue weighted by molar-refractivity contribution is 6.31. The predicted molar refractivity (Wildman–Crippen MR) is 98.0 cm³/mol. The van der Waals surface area contributed by atoms with Crippen molar-refractivity contribution in [1.82, 2.24) is 9.55 Å².